The zero-order valence-electron chi connectivity index (χ0n) is 68.9. The van der Waals surface area contributed by atoms with Crippen molar-refractivity contribution in [3.63, 3.8) is 0 Å². The molecule has 666 valence electrons. The van der Waals surface area contributed by atoms with Gasteiger partial charge in [0.05, 0.1) is 17.1 Å². The minimum atomic E-state index is -4.26. The van der Waals surface area contributed by atoms with Gasteiger partial charge in [-0.3, -0.25) is 0 Å². The van der Waals surface area contributed by atoms with Gasteiger partial charge in [0.1, 0.15) is 17.5 Å². The predicted octanol–water partition coefficient (Wildman–Crippen LogP) is 19.4. The van der Waals surface area contributed by atoms with Gasteiger partial charge in [0.25, 0.3) is 0 Å². The van der Waals surface area contributed by atoms with Gasteiger partial charge >= 0.3 is 36.6 Å². The lowest BCUT2D eigenvalue weighted by Crippen LogP contribution is -2.33. The molecule has 0 spiro atoms. The number of nitrogen functional groups attached to an aromatic ring is 3. The number of nitrogens with two attached hydrogens (primary N) is 3. The molecule has 3 aliphatic heterocycles. The second-order valence-corrected chi connectivity index (χ2v) is 30.3. The number of hydrogen-bond donors (Lipinski definition) is 9. The van der Waals surface area contributed by atoms with E-state index in [1.165, 1.54) is 14.7 Å². The maximum Gasteiger partial charge on any atom is 0.389 e. The Hall–Kier alpha value is -9.66. The van der Waals surface area contributed by atoms with E-state index in [4.69, 9.17) is 31.4 Å². The summed E-state index contributed by atoms with van der Waals surface area (Å²) in [6, 6.07) is 17.5. The number of alkyl halides is 15. The fourth-order valence-electron chi connectivity index (χ4n) is 14.6. The van der Waals surface area contributed by atoms with Crippen LogP contribution in [0.25, 0.3) is 33.8 Å². The molecule has 12 N–H and O–H groups in total. The van der Waals surface area contributed by atoms with Crippen LogP contribution in [0.4, 0.5) is 133 Å². The Kier molecular flexibility index (Phi) is 35.9. The molecule has 12 rings (SSSR count). The number of urea groups is 3. The molecule has 120 heavy (non-hydrogen) atoms. The Balaban J connectivity index is 0.000000228. The van der Waals surface area contributed by atoms with Crippen molar-refractivity contribution in [1.82, 2.24) is 44.6 Å². The average Bonchev–Trinajstić information content (AvgIpc) is 1.20. The summed E-state index contributed by atoms with van der Waals surface area (Å²) >= 11 is 0. The maximum atomic E-state index is 13.5. The Morgan fingerprint density at radius 3 is 0.833 bits per heavy atom. The number of anilines is 9. The summed E-state index contributed by atoms with van der Waals surface area (Å²) in [5, 5.41) is 17.2. The molecule has 3 saturated carbocycles. The summed E-state index contributed by atoms with van der Waals surface area (Å²) in [6.07, 6.45) is -15.1. The Morgan fingerprint density at radius 1 is 0.392 bits per heavy atom. The van der Waals surface area contributed by atoms with Crippen LogP contribution in [0, 0.1) is 38.5 Å². The molecule has 3 aliphatic carbocycles. The third-order valence-electron chi connectivity index (χ3n) is 20.3. The van der Waals surface area contributed by atoms with E-state index in [0.717, 1.165) is 56.3 Å². The zero-order valence-corrected chi connectivity index (χ0v) is 68.9. The molecule has 6 amide bonds. The summed E-state index contributed by atoms with van der Waals surface area (Å²) in [7, 11) is 0. The molecule has 6 aliphatic rings. The largest absolute Gasteiger partial charge is 0.389 e. The number of hydrogen-bond acceptors (Lipinski definition) is 18. The number of carbonyl (C=O) groups excluding carboxylic acids is 3. The molecule has 6 atom stereocenters. The molecule has 6 heterocycles. The van der Waals surface area contributed by atoms with Crippen molar-refractivity contribution in [3.8, 4) is 33.8 Å². The van der Waals surface area contributed by atoms with Gasteiger partial charge in [-0.05, 0) is 172 Å². The third-order valence-corrected chi connectivity index (χ3v) is 20.3. The highest BCUT2D eigenvalue weighted by molar-refractivity contribution is 5.92. The second kappa shape index (κ2) is 44.2. The molecule has 0 radical (unpaired) electrons. The topological polar surface area (TPSA) is 316 Å². The van der Waals surface area contributed by atoms with Crippen LogP contribution in [0.2, 0.25) is 0 Å². The summed E-state index contributed by atoms with van der Waals surface area (Å²) in [5.41, 5.74) is 24.7. The number of carbonyl (C=O) groups is 3. The normalized spacial score (nSPS) is 20.1. The number of halogens is 15. The van der Waals surface area contributed by atoms with Gasteiger partial charge < -0.3 is 78.0 Å². The molecule has 3 saturated heterocycles. The molecule has 39 heteroatoms. The van der Waals surface area contributed by atoms with E-state index in [1.54, 1.807) is 72.8 Å². The number of aromatic nitrogens is 6. The zero-order chi connectivity index (χ0) is 88.5. The van der Waals surface area contributed by atoms with Crippen LogP contribution in [0.5, 0.6) is 0 Å². The highest BCUT2D eigenvalue weighted by Crippen LogP contribution is 2.42. The quantitative estimate of drug-likeness (QED) is 0.0302. The van der Waals surface area contributed by atoms with E-state index in [1.807, 2.05) is 62.3 Å². The number of nitrogens with one attached hydrogen (secondary N) is 6. The molecular formula is C81H111F15N18O6. The van der Waals surface area contributed by atoms with Crippen molar-refractivity contribution in [1.29, 1.82) is 0 Å². The first kappa shape index (κ1) is 97.5. The van der Waals surface area contributed by atoms with E-state index < -0.39 is 110 Å². The van der Waals surface area contributed by atoms with E-state index in [0.29, 0.717) is 107 Å². The lowest BCUT2D eigenvalue weighted by molar-refractivity contribution is -0.144. The molecule has 3 aromatic carbocycles. The number of likely N-dealkylation sites (tertiary alicyclic amines) is 3. The van der Waals surface area contributed by atoms with Crippen LogP contribution >= 0.6 is 0 Å². The fourth-order valence-corrected chi connectivity index (χ4v) is 14.6. The number of nitrogens with zero attached hydrogens (tertiary/aromatic N) is 9. The maximum absolute atomic E-state index is 13.5. The SMILES string of the molecule is CCOCC.CCOCC.CCOCC.Cc1ccc(NC(=O)N2CC[C@@H](CC(F)(F)F)C2)cc1-c1cc(NC2CCC(F)(F)C2)nc(N)n1.Cc1ccc(NC(=O)N2CC[C@@H](CC(F)(F)F)C2)cc1-c1cc(N[C@@H]2CCC(F)(F)C2)nc(N)n1.Cc1ccc(NC(=O)N2CC[C@@H](CC(F)(F)F)C2)cc1-c1cc(N[C@H]2CCC(F)(F)C2)nc(N)n1. The number of amides is 6. The summed E-state index contributed by atoms with van der Waals surface area (Å²) < 4.78 is 210. The van der Waals surface area contributed by atoms with E-state index in [2.05, 4.69) is 61.8 Å². The summed E-state index contributed by atoms with van der Waals surface area (Å²) in [4.78, 5) is 67.1. The fraction of sp³-hybridized carbons (Fsp3) is 0.593. The van der Waals surface area contributed by atoms with Crippen molar-refractivity contribution >= 4 is 70.5 Å². The van der Waals surface area contributed by atoms with E-state index >= 15 is 0 Å². The van der Waals surface area contributed by atoms with Crippen molar-refractivity contribution in [2.75, 3.05) is 128 Å². The van der Waals surface area contributed by atoms with Gasteiger partial charge in [-0.25, -0.2) is 55.7 Å². The van der Waals surface area contributed by atoms with Gasteiger partial charge in [0.2, 0.25) is 35.6 Å². The van der Waals surface area contributed by atoms with Gasteiger partial charge in [-0.2, -0.15) is 54.5 Å². The second-order valence-electron chi connectivity index (χ2n) is 30.3. The van der Waals surface area contributed by atoms with E-state index in [-0.39, 0.29) is 95.6 Å². The van der Waals surface area contributed by atoms with Gasteiger partial charge in [-0.1, -0.05) is 18.2 Å². The van der Waals surface area contributed by atoms with Crippen molar-refractivity contribution < 1.29 is 94.5 Å². The van der Waals surface area contributed by atoms with Crippen molar-refractivity contribution in [3.05, 3.63) is 89.5 Å². The first-order chi connectivity index (χ1) is 56.3. The molecule has 6 fully saturated rings. The Morgan fingerprint density at radius 2 is 0.633 bits per heavy atom. The monoisotopic (exact) mass is 1720 g/mol. The average molecular weight is 1720 g/mol. The minimum absolute atomic E-state index is 0.0311. The van der Waals surface area contributed by atoms with Crippen LogP contribution in [0.3, 0.4) is 0 Å². The van der Waals surface area contributed by atoms with Crippen LogP contribution < -0.4 is 49.1 Å². The number of aryl methyl sites for hydroxylation is 3. The molecule has 3 aromatic heterocycles. The third kappa shape index (κ3) is 33.1. The summed E-state index contributed by atoms with van der Waals surface area (Å²) in [5.74, 6) is -9.04. The number of ether oxygens (including phenoxy) is 3. The van der Waals surface area contributed by atoms with Crippen LogP contribution in [-0.4, -0.2) is 196 Å². The first-order valence-corrected chi connectivity index (χ1v) is 40.2. The molecular weight excluding hydrogens is 1610 g/mol. The molecule has 6 aromatic rings. The first-order valence-electron chi connectivity index (χ1n) is 40.2. The summed E-state index contributed by atoms with van der Waals surface area (Å²) in [6.45, 7) is 23.4. The predicted molar refractivity (Wildman–Crippen MR) is 433 cm³/mol. The van der Waals surface area contributed by atoms with Gasteiger partial charge in [-0.15, -0.1) is 0 Å². The van der Waals surface area contributed by atoms with Crippen molar-refractivity contribution in [2.24, 2.45) is 17.8 Å². The highest BCUT2D eigenvalue weighted by Gasteiger charge is 2.44. The van der Waals surface area contributed by atoms with Crippen LogP contribution in [0.15, 0.2) is 72.8 Å². The molecule has 1 unspecified atom stereocenters. The van der Waals surface area contributed by atoms with Crippen LogP contribution in [0.1, 0.15) is 155 Å². The molecule has 0 bridgehead atoms. The van der Waals surface area contributed by atoms with Crippen molar-refractivity contribution in [2.45, 2.75) is 213 Å². The standard InChI is InChI=1S/3C23H27F5N6O.3C4H10O/c3*1-13-2-3-15(31-21(35)34-7-5-14(12-34)10-23(26,27)28)8-17(13)18-9-19(33-20(29)32-18)30-16-4-6-22(24,25)11-16;3*1-3-5-4-2/h3*2-3,8-9,14,16H,4-7,10-12H2,1H3,(H,31,35)(H3,29,30,32,33);3*3-4H2,1-2H3/t14-,16?;14-,16+;14-,16-;;;/m000.../s1. The highest BCUT2D eigenvalue weighted by atomic mass is 19.4. The van der Waals surface area contributed by atoms with Gasteiger partial charge in [0.15, 0.2) is 0 Å². The smallest absolute Gasteiger partial charge is 0.382 e. The lowest BCUT2D eigenvalue weighted by atomic mass is 10.0. The van der Waals surface area contributed by atoms with E-state index in [9.17, 15) is 80.2 Å². The minimum Gasteiger partial charge on any atom is -0.382 e. The Bertz CT molecular complexity index is 3860. The number of rotatable bonds is 21. The van der Waals surface area contributed by atoms with Crippen LogP contribution in [-0.2, 0) is 14.2 Å². The molecule has 24 nitrogen and oxygen atoms in total. The lowest BCUT2D eigenvalue weighted by Gasteiger charge is -2.19. The van der Waals surface area contributed by atoms with Gasteiger partial charge in [0, 0.05) is 207 Å². The number of benzene rings is 3. The Labute approximate surface area is 689 Å².